The zero-order valence-corrected chi connectivity index (χ0v) is 16.0. The molecule has 28 heavy (non-hydrogen) atoms. The van der Waals surface area contributed by atoms with E-state index in [1.165, 1.54) is 18.2 Å². The van der Waals surface area contributed by atoms with Crippen molar-refractivity contribution in [3.8, 4) is 5.75 Å². The molecule has 1 amide bonds. The number of hydrogen-bond acceptors (Lipinski definition) is 4. The number of nitrogens with zero attached hydrogens (tertiary/aromatic N) is 1. The van der Waals surface area contributed by atoms with Crippen molar-refractivity contribution in [2.45, 2.75) is 6.42 Å². The van der Waals surface area contributed by atoms with Gasteiger partial charge in [0, 0.05) is 6.54 Å². The van der Waals surface area contributed by atoms with Gasteiger partial charge in [-0.05, 0) is 42.3 Å². The Bertz CT molecular complexity index is 944. The van der Waals surface area contributed by atoms with Crippen molar-refractivity contribution in [2.24, 2.45) is 0 Å². The molecule has 5 nitrogen and oxygen atoms in total. The number of halogens is 2. The van der Waals surface area contributed by atoms with Crippen LogP contribution in [0.2, 0.25) is 5.02 Å². The average molecular weight is 400 g/mol. The molecule has 2 N–H and O–H groups in total. The van der Waals surface area contributed by atoms with Crippen molar-refractivity contribution in [1.29, 1.82) is 0 Å². The molecule has 3 aromatic rings. The van der Waals surface area contributed by atoms with E-state index in [4.69, 9.17) is 16.3 Å². The molecule has 144 valence electrons. The maximum atomic E-state index is 13.8. The highest BCUT2D eigenvalue weighted by atomic mass is 35.5. The zero-order chi connectivity index (χ0) is 19.9. The van der Waals surface area contributed by atoms with Gasteiger partial charge in [-0.2, -0.15) is 0 Å². The highest BCUT2D eigenvalue weighted by molar-refractivity contribution is 6.34. The maximum absolute atomic E-state index is 13.8. The lowest BCUT2D eigenvalue weighted by Gasteiger charge is -2.10. The van der Waals surface area contributed by atoms with E-state index in [1.807, 2.05) is 24.3 Å². The van der Waals surface area contributed by atoms with Crippen LogP contribution in [0.5, 0.6) is 5.75 Å². The topological polar surface area (TPSA) is 63.2 Å². The number of hydrogen-bond donors (Lipinski definition) is 2. The number of amides is 1. The fourth-order valence-electron chi connectivity index (χ4n) is 2.72. The minimum atomic E-state index is -0.681. The number of para-hydroxylation sites is 1. The Hall–Kier alpha value is -3.12. The standard InChI is InChI=1S/C21H19ClFN3O2/c1-28-18-8-3-2-5-14(18)11-12-24-15-9-10-19(25-13-15)26-21(27)20-16(22)6-4-7-17(20)23/h2-10,13,24H,11-12H2,1H3,(H,25,26,27). The number of carbonyl (C=O) groups excluding carboxylic acids is 1. The number of benzene rings is 2. The van der Waals surface area contributed by atoms with Crippen molar-refractivity contribution in [1.82, 2.24) is 4.98 Å². The van der Waals surface area contributed by atoms with E-state index in [9.17, 15) is 9.18 Å². The van der Waals surface area contributed by atoms with Crippen LogP contribution in [0.3, 0.4) is 0 Å². The second-order valence-electron chi connectivity index (χ2n) is 5.97. The van der Waals surface area contributed by atoms with Crippen LogP contribution < -0.4 is 15.4 Å². The number of rotatable bonds is 7. The first-order chi connectivity index (χ1) is 13.6. The van der Waals surface area contributed by atoms with Crippen LogP contribution in [0.4, 0.5) is 15.9 Å². The summed E-state index contributed by atoms with van der Waals surface area (Å²) in [5.74, 6) is -0.168. The molecule has 0 saturated carbocycles. The molecule has 0 aliphatic rings. The first-order valence-corrected chi connectivity index (χ1v) is 9.03. The zero-order valence-electron chi connectivity index (χ0n) is 15.2. The molecule has 3 rings (SSSR count). The van der Waals surface area contributed by atoms with E-state index in [2.05, 4.69) is 15.6 Å². The fourth-order valence-corrected chi connectivity index (χ4v) is 2.97. The van der Waals surface area contributed by atoms with Crippen LogP contribution in [0.1, 0.15) is 15.9 Å². The van der Waals surface area contributed by atoms with Gasteiger partial charge in [-0.15, -0.1) is 0 Å². The van der Waals surface area contributed by atoms with Crippen LogP contribution in [-0.4, -0.2) is 24.5 Å². The van der Waals surface area contributed by atoms with Crippen molar-refractivity contribution in [2.75, 3.05) is 24.3 Å². The van der Waals surface area contributed by atoms with Crippen LogP contribution in [-0.2, 0) is 6.42 Å². The number of carbonyl (C=O) groups is 1. The van der Waals surface area contributed by atoms with Crippen LogP contribution in [0.25, 0.3) is 0 Å². The molecule has 0 fully saturated rings. The van der Waals surface area contributed by atoms with E-state index in [-0.39, 0.29) is 10.6 Å². The largest absolute Gasteiger partial charge is 0.496 e. The van der Waals surface area contributed by atoms with E-state index < -0.39 is 11.7 Å². The van der Waals surface area contributed by atoms with E-state index in [0.717, 1.165) is 23.4 Å². The van der Waals surface area contributed by atoms with Crippen LogP contribution in [0.15, 0.2) is 60.8 Å². The summed E-state index contributed by atoms with van der Waals surface area (Å²) < 4.78 is 19.2. The SMILES string of the molecule is COc1ccccc1CCNc1ccc(NC(=O)c2c(F)cccc2Cl)nc1. The second kappa shape index (κ2) is 9.19. The molecule has 0 bridgehead atoms. The Morgan fingerprint density at radius 3 is 2.68 bits per heavy atom. The number of methoxy groups -OCH3 is 1. The van der Waals surface area contributed by atoms with Gasteiger partial charge in [0.2, 0.25) is 0 Å². The van der Waals surface area contributed by atoms with Crippen molar-refractivity contribution in [3.05, 3.63) is 82.8 Å². The van der Waals surface area contributed by atoms with Gasteiger partial charge in [0.15, 0.2) is 0 Å². The minimum absolute atomic E-state index is 0.0483. The highest BCUT2D eigenvalue weighted by Gasteiger charge is 2.16. The van der Waals surface area contributed by atoms with Gasteiger partial charge in [-0.25, -0.2) is 9.37 Å². The minimum Gasteiger partial charge on any atom is -0.496 e. The van der Waals surface area contributed by atoms with Gasteiger partial charge in [0.1, 0.15) is 17.4 Å². The van der Waals surface area contributed by atoms with Crippen molar-refractivity contribution in [3.63, 3.8) is 0 Å². The van der Waals surface area contributed by atoms with Gasteiger partial charge >= 0.3 is 0 Å². The predicted octanol–water partition coefficient (Wildman–Crippen LogP) is 4.79. The summed E-state index contributed by atoms with van der Waals surface area (Å²) in [6.07, 6.45) is 2.38. The van der Waals surface area contributed by atoms with Crippen LogP contribution in [0, 0.1) is 5.82 Å². The Morgan fingerprint density at radius 2 is 1.96 bits per heavy atom. The summed E-state index contributed by atoms with van der Waals surface area (Å²) in [7, 11) is 1.65. The summed E-state index contributed by atoms with van der Waals surface area (Å²) in [5.41, 5.74) is 1.71. The van der Waals surface area contributed by atoms with Gasteiger partial charge in [0.05, 0.1) is 29.6 Å². The first-order valence-electron chi connectivity index (χ1n) is 8.65. The van der Waals surface area contributed by atoms with Gasteiger partial charge in [0.25, 0.3) is 5.91 Å². The molecule has 0 spiro atoms. The number of nitrogens with one attached hydrogen (secondary N) is 2. The number of anilines is 2. The quantitative estimate of drug-likeness (QED) is 0.599. The number of ether oxygens (including phenoxy) is 1. The molecule has 0 atom stereocenters. The predicted molar refractivity (Wildman–Crippen MR) is 109 cm³/mol. The van der Waals surface area contributed by atoms with Gasteiger partial charge < -0.3 is 15.4 Å². The Labute approximate surface area is 167 Å². The molecule has 0 saturated heterocycles. The number of aromatic nitrogens is 1. The normalized spacial score (nSPS) is 10.4. The molecular weight excluding hydrogens is 381 g/mol. The van der Waals surface area contributed by atoms with Crippen molar-refractivity contribution >= 4 is 29.0 Å². The highest BCUT2D eigenvalue weighted by Crippen LogP contribution is 2.21. The fraction of sp³-hybridized carbons (Fsp3) is 0.143. The Morgan fingerprint density at radius 1 is 1.14 bits per heavy atom. The van der Waals surface area contributed by atoms with Crippen molar-refractivity contribution < 1.29 is 13.9 Å². The lowest BCUT2D eigenvalue weighted by molar-refractivity contribution is 0.102. The molecule has 0 unspecified atom stereocenters. The first kappa shape index (κ1) is 19.6. The summed E-state index contributed by atoms with van der Waals surface area (Å²) in [6, 6.07) is 15.4. The van der Waals surface area contributed by atoms with E-state index in [1.54, 1.807) is 25.4 Å². The molecule has 7 heteroatoms. The monoisotopic (exact) mass is 399 g/mol. The number of pyridine rings is 1. The van der Waals surface area contributed by atoms with Crippen LogP contribution >= 0.6 is 11.6 Å². The summed E-state index contributed by atoms with van der Waals surface area (Å²) in [5, 5.41) is 5.86. The molecular formula is C21H19ClFN3O2. The lowest BCUT2D eigenvalue weighted by Crippen LogP contribution is -2.15. The molecule has 0 aliphatic heterocycles. The molecule has 1 aromatic heterocycles. The lowest BCUT2D eigenvalue weighted by atomic mass is 10.1. The third kappa shape index (κ3) is 4.78. The van der Waals surface area contributed by atoms with Gasteiger partial charge in [-0.1, -0.05) is 35.9 Å². The maximum Gasteiger partial charge on any atom is 0.261 e. The third-order valence-electron chi connectivity index (χ3n) is 4.11. The summed E-state index contributed by atoms with van der Waals surface area (Å²) in [4.78, 5) is 16.4. The average Bonchev–Trinajstić information content (AvgIpc) is 2.69. The smallest absolute Gasteiger partial charge is 0.261 e. The van der Waals surface area contributed by atoms with E-state index >= 15 is 0 Å². The molecule has 1 heterocycles. The third-order valence-corrected chi connectivity index (χ3v) is 4.43. The Balaban J connectivity index is 1.57. The van der Waals surface area contributed by atoms with E-state index in [0.29, 0.717) is 12.4 Å². The summed E-state index contributed by atoms with van der Waals surface area (Å²) >= 11 is 5.90. The summed E-state index contributed by atoms with van der Waals surface area (Å²) in [6.45, 7) is 0.693. The Kier molecular flexibility index (Phi) is 6.45. The molecule has 2 aromatic carbocycles. The second-order valence-corrected chi connectivity index (χ2v) is 6.38. The van der Waals surface area contributed by atoms with Gasteiger partial charge in [-0.3, -0.25) is 4.79 Å². The molecule has 0 aliphatic carbocycles. The molecule has 0 radical (unpaired) electrons.